The zero-order valence-corrected chi connectivity index (χ0v) is 18.9. The highest BCUT2D eigenvalue weighted by molar-refractivity contribution is 5.95. The Morgan fingerprint density at radius 3 is 2.82 bits per heavy atom. The average molecular weight is 459 g/mol. The van der Waals surface area contributed by atoms with E-state index < -0.39 is 5.91 Å². The molecule has 1 aromatic heterocycles. The first-order chi connectivity index (χ1) is 16.5. The van der Waals surface area contributed by atoms with Crippen LogP contribution in [0.2, 0.25) is 0 Å². The van der Waals surface area contributed by atoms with Crippen molar-refractivity contribution in [2.75, 3.05) is 13.6 Å². The van der Waals surface area contributed by atoms with Crippen molar-refractivity contribution in [3.05, 3.63) is 77.0 Å². The van der Waals surface area contributed by atoms with Crippen LogP contribution in [0.1, 0.15) is 41.1 Å². The number of hydrogen-bond acceptors (Lipinski definition) is 4. The van der Waals surface area contributed by atoms with Gasteiger partial charge in [-0.2, -0.15) is 0 Å². The summed E-state index contributed by atoms with van der Waals surface area (Å²) in [6.07, 6.45) is 3.99. The number of carbonyl (C=O) groups is 3. The molecule has 1 atom stereocenters. The van der Waals surface area contributed by atoms with E-state index in [0.29, 0.717) is 32.5 Å². The summed E-state index contributed by atoms with van der Waals surface area (Å²) in [5, 5.41) is 9.88. The Kier molecular flexibility index (Phi) is 5.67. The van der Waals surface area contributed by atoms with Crippen molar-refractivity contribution >= 4 is 34.8 Å². The molecule has 1 unspecified atom stereocenters. The van der Waals surface area contributed by atoms with Gasteiger partial charge in [0.25, 0.3) is 5.91 Å². The maximum Gasteiger partial charge on any atom is 0.326 e. The van der Waals surface area contributed by atoms with Crippen LogP contribution in [-0.2, 0) is 22.7 Å². The summed E-state index contributed by atoms with van der Waals surface area (Å²) < 4.78 is 2.27. The number of fused-ring (bicyclic) bond motifs is 6. The number of nitrogens with one attached hydrogen (secondary N) is 1. The summed E-state index contributed by atoms with van der Waals surface area (Å²) in [4.78, 5) is 39.7. The molecule has 8 nitrogen and oxygen atoms in total. The van der Waals surface area contributed by atoms with Gasteiger partial charge in [0.1, 0.15) is 0 Å². The molecule has 2 bridgehead atoms. The Balaban J connectivity index is 1.57. The third-order valence-electron chi connectivity index (χ3n) is 6.78. The Hall–Kier alpha value is -3.91. The van der Waals surface area contributed by atoms with Crippen LogP contribution in [0, 0.1) is 0 Å². The lowest BCUT2D eigenvalue weighted by molar-refractivity contribution is -0.128. The first-order valence-corrected chi connectivity index (χ1v) is 11.3. The molecule has 5 rings (SSSR count). The smallest absolute Gasteiger partial charge is 0.326 e. The second-order valence-electron chi connectivity index (χ2n) is 8.87. The Labute approximate surface area is 197 Å². The zero-order valence-electron chi connectivity index (χ0n) is 18.9. The van der Waals surface area contributed by atoms with Gasteiger partial charge in [0.15, 0.2) is 0 Å². The van der Waals surface area contributed by atoms with E-state index in [0.717, 1.165) is 22.3 Å². The minimum atomic E-state index is -0.587. The number of benzene rings is 2. The standard InChI is InChI=1S/C26H26N4O4/c1-28-24(32)12-10-19-15-29(26(28)33)16-22-25(19)20-7-2-3-8-21(20)30(22)14-18-6-4-5-17(13-18)9-11-23(31)27-34/h2-9,11,13,19,34H,10,12,14-16H2,1H3,(H,27,31)/b11-9+. The molecular formula is C26H26N4O4. The Morgan fingerprint density at radius 1 is 1.18 bits per heavy atom. The van der Waals surface area contributed by atoms with Gasteiger partial charge in [-0.05, 0) is 41.3 Å². The topological polar surface area (TPSA) is 94.9 Å². The Bertz CT molecular complexity index is 1330. The van der Waals surface area contributed by atoms with Crippen LogP contribution in [0.25, 0.3) is 17.0 Å². The minimum absolute atomic E-state index is 0.114. The molecule has 4 amide bonds. The highest BCUT2D eigenvalue weighted by Gasteiger charge is 2.37. The summed E-state index contributed by atoms with van der Waals surface area (Å²) >= 11 is 0. The van der Waals surface area contributed by atoms with E-state index in [2.05, 4.69) is 16.7 Å². The second-order valence-corrected chi connectivity index (χ2v) is 8.87. The number of nitrogens with zero attached hydrogens (tertiary/aromatic N) is 3. The first kappa shape index (κ1) is 21.9. The molecule has 1 saturated heterocycles. The number of hydrogen-bond donors (Lipinski definition) is 2. The van der Waals surface area contributed by atoms with Crippen molar-refractivity contribution in [2.45, 2.75) is 31.8 Å². The maximum absolute atomic E-state index is 13.0. The molecule has 0 radical (unpaired) electrons. The quantitative estimate of drug-likeness (QED) is 0.356. The summed E-state index contributed by atoms with van der Waals surface area (Å²) in [6, 6.07) is 15.9. The van der Waals surface area contributed by atoms with Gasteiger partial charge < -0.3 is 9.47 Å². The maximum atomic E-state index is 13.0. The highest BCUT2D eigenvalue weighted by atomic mass is 16.5. The van der Waals surface area contributed by atoms with E-state index in [1.165, 1.54) is 21.9 Å². The van der Waals surface area contributed by atoms with Crippen molar-refractivity contribution in [3.8, 4) is 0 Å². The van der Waals surface area contributed by atoms with Crippen LogP contribution in [0.4, 0.5) is 4.79 Å². The molecule has 2 aliphatic rings. The molecule has 2 aliphatic heterocycles. The van der Waals surface area contributed by atoms with Crippen LogP contribution in [0.15, 0.2) is 54.6 Å². The second kappa shape index (κ2) is 8.79. The van der Waals surface area contributed by atoms with Crippen LogP contribution in [0.5, 0.6) is 0 Å². The summed E-state index contributed by atoms with van der Waals surface area (Å²) in [6.45, 7) is 1.67. The number of aromatic nitrogens is 1. The van der Waals surface area contributed by atoms with Gasteiger partial charge in [-0.1, -0.05) is 36.4 Å². The summed E-state index contributed by atoms with van der Waals surface area (Å²) in [5.74, 6) is -0.606. The molecular weight excluding hydrogens is 432 g/mol. The van der Waals surface area contributed by atoms with E-state index in [-0.39, 0.29) is 17.9 Å². The van der Waals surface area contributed by atoms with Gasteiger partial charge in [-0.3, -0.25) is 19.7 Å². The van der Waals surface area contributed by atoms with Crippen molar-refractivity contribution in [1.82, 2.24) is 19.8 Å². The minimum Gasteiger partial charge on any atom is -0.338 e. The van der Waals surface area contributed by atoms with E-state index in [4.69, 9.17) is 5.21 Å². The molecule has 0 spiro atoms. The lowest BCUT2D eigenvalue weighted by Crippen LogP contribution is -2.49. The molecule has 3 aromatic rings. The van der Waals surface area contributed by atoms with E-state index in [1.807, 2.05) is 36.4 Å². The highest BCUT2D eigenvalue weighted by Crippen LogP contribution is 2.40. The van der Waals surface area contributed by atoms with E-state index in [1.54, 1.807) is 23.5 Å². The third kappa shape index (κ3) is 3.86. The fraction of sp³-hybridized carbons (Fsp3) is 0.269. The first-order valence-electron chi connectivity index (χ1n) is 11.3. The largest absolute Gasteiger partial charge is 0.338 e. The average Bonchev–Trinajstić information content (AvgIpc) is 3.18. The van der Waals surface area contributed by atoms with Gasteiger partial charge in [-0.25, -0.2) is 10.3 Å². The van der Waals surface area contributed by atoms with Crippen molar-refractivity contribution < 1.29 is 19.6 Å². The SMILES string of the molecule is CN1C(=O)CCC2CN(Cc3c2c2ccccc2n3Cc2cccc(/C=C/C(=O)NO)c2)C1=O. The third-order valence-corrected chi connectivity index (χ3v) is 6.78. The van der Waals surface area contributed by atoms with Gasteiger partial charge in [-0.15, -0.1) is 0 Å². The number of rotatable bonds is 4. The van der Waals surface area contributed by atoms with Gasteiger partial charge in [0, 0.05) is 55.1 Å². The predicted molar refractivity (Wildman–Crippen MR) is 127 cm³/mol. The van der Waals surface area contributed by atoms with E-state index in [9.17, 15) is 14.4 Å². The molecule has 2 aromatic carbocycles. The monoisotopic (exact) mass is 458 g/mol. The summed E-state index contributed by atoms with van der Waals surface area (Å²) in [7, 11) is 1.56. The molecule has 34 heavy (non-hydrogen) atoms. The van der Waals surface area contributed by atoms with Crippen molar-refractivity contribution in [1.29, 1.82) is 0 Å². The fourth-order valence-electron chi connectivity index (χ4n) is 5.14. The molecule has 8 heteroatoms. The number of urea groups is 1. The molecule has 174 valence electrons. The van der Waals surface area contributed by atoms with Crippen LogP contribution < -0.4 is 5.48 Å². The van der Waals surface area contributed by atoms with Gasteiger partial charge in [0.05, 0.1) is 6.54 Å². The van der Waals surface area contributed by atoms with E-state index >= 15 is 0 Å². The number of amides is 4. The lowest BCUT2D eigenvalue weighted by atomic mass is 9.87. The molecule has 1 fully saturated rings. The number of para-hydroxylation sites is 1. The molecule has 3 heterocycles. The van der Waals surface area contributed by atoms with Crippen LogP contribution >= 0.6 is 0 Å². The number of carbonyl (C=O) groups excluding carboxylic acids is 3. The van der Waals surface area contributed by atoms with Crippen LogP contribution in [0.3, 0.4) is 0 Å². The lowest BCUT2D eigenvalue weighted by Gasteiger charge is -2.38. The molecule has 0 saturated carbocycles. The zero-order chi connectivity index (χ0) is 23.8. The normalized spacial score (nSPS) is 18.2. The molecule has 0 aliphatic carbocycles. The van der Waals surface area contributed by atoms with Gasteiger partial charge in [0.2, 0.25) is 5.91 Å². The predicted octanol–water partition coefficient (Wildman–Crippen LogP) is 3.48. The summed E-state index contributed by atoms with van der Waals surface area (Å²) in [5.41, 5.74) is 6.94. The van der Waals surface area contributed by atoms with Crippen LogP contribution in [-0.4, -0.2) is 51.0 Å². The number of imide groups is 1. The fourth-order valence-corrected chi connectivity index (χ4v) is 5.14. The van der Waals surface area contributed by atoms with Crippen molar-refractivity contribution in [2.24, 2.45) is 0 Å². The van der Waals surface area contributed by atoms with Crippen molar-refractivity contribution in [3.63, 3.8) is 0 Å². The molecule has 2 N–H and O–H groups in total. The number of hydroxylamine groups is 1. The van der Waals surface area contributed by atoms with Gasteiger partial charge >= 0.3 is 6.03 Å². The Morgan fingerprint density at radius 2 is 2.00 bits per heavy atom.